The van der Waals surface area contributed by atoms with Gasteiger partial charge in [0.1, 0.15) is 0 Å². The lowest BCUT2D eigenvalue weighted by Crippen LogP contribution is -2.19. The predicted molar refractivity (Wildman–Crippen MR) is 88.6 cm³/mol. The van der Waals surface area contributed by atoms with E-state index in [0.29, 0.717) is 11.1 Å². The molecule has 1 aromatic carbocycles. The van der Waals surface area contributed by atoms with Gasteiger partial charge >= 0.3 is 5.69 Å². The van der Waals surface area contributed by atoms with Crippen LogP contribution in [0.5, 0.6) is 0 Å². The highest BCUT2D eigenvalue weighted by molar-refractivity contribution is 9.10. The number of aromatic nitrogens is 3. The molecule has 0 unspecified atom stereocenters. The molecule has 0 aliphatic heterocycles. The summed E-state index contributed by atoms with van der Waals surface area (Å²) in [7, 11) is 1.71. The summed E-state index contributed by atoms with van der Waals surface area (Å²) in [6.45, 7) is 6.13. The van der Waals surface area contributed by atoms with Crippen LogP contribution in [0.1, 0.15) is 19.4 Å². The maximum atomic E-state index is 11.4. The fourth-order valence-electron chi connectivity index (χ4n) is 1.80. The molecule has 7 heteroatoms. The molecule has 0 spiro atoms. The van der Waals surface area contributed by atoms with Crippen molar-refractivity contribution in [3.8, 4) is 0 Å². The summed E-state index contributed by atoms with van der Waals surface area (Å²) in [6.07, 6.45) is 0. The molecule has 21 heavy (non-hydrogen) atoms. The number of rotatable bonds is 6. The van der Waals surface area contributed by atoms with Gasteiger partial charge in [0.05, 0.1) is 0 Å². The first-order valence-corrected chi connectivity index (χ1v) is 8.36. The second-order valence-corrected chi connectivity index (χ2v) is 7.17. The third kappa shape index (κ3) is 4.46. The summed E-state index contributed by atoms with van der Waals surface area (Å²) in [4.78, 5) is 12.5. The largest absolute Gasteiger partial charge is 0.343 e. The number of hydrogen-bond acceptors (Lipinski definition) is 4. The number of benzene rings is 1. The summed E-state index contributed by atoms with van der Waals surface area (Å²) >= 11 is 5.00. The van der Waals surface area contributed by atoms with Crippen molar-refractivity contribution in [1.82, 2.24) is 20.1 Å². The molecule has 0 bridgehead atoms. The number of H-pyrrole nitrogens is 1. The second kappa shape index (κ2) is 7.29. The monoisotopic (exact) mass is 370 g/mol. The van der Waals surface area contributed by atoms with Gasteiger partial charge in [-0.25, -0.2) is 9.89 Å². The molecule has 0 aliphatic carbocycles. The summed E-state index contributed by atoms with van der Waals surface area (Å²) in [5.41, 5.74) is 0.986. The van der Waals surface area contributed by atoms with Gasteiger partial charge in [-0.15, -0.1) is 5.10 Å². The topological polar surface area (TPSA) is 62.7 Å². The van der Waals surface area contributed by atoms with Crippen molar-refractivity contribution in [3.63, 3.8) is 0 Å². The quantitative estimate of drug-likeness (QED) is 0.820. The molecule has 2 N–H and O–H groups in total. The number of halogens is 1. The number of hydrogen-bond donors (Lipinski definition) is 2. The molecule has 0 saturated heterocycles. The predicted octanol–water partition coefficient (Wildman–Crippen LogP) is 2.77. The van der Waals surface area contributed by atoms with E-state index in [1.165, 1.54) is 21.9 Å². The van der Waals surface area contributed by atoms with Gasteiger partial charge in [-0.05, 0) is 48.0 Å². The SMILES string of the molecule is CC(C)CNCc1cc(Br)ccc1Sc1n[nH]c(=O)n1C. The van der Waals surface area contributed by atoms with Crippen LogP contribution in [0.25, 0.3) is 0 Å². The molecule has 2 aromatic rings. The molecule has 0 fully saturated rings. The summed E-state index contributed by atoms with van der Waals surface area (Å²) in [5.74, 6) is 0.611. The highest BCUT2D eigenvalue weighted by atomic mass is 79.9. The van der Waals surface area contributed by atoms with E-state index in [2.05, 4.69) is 51.4 Å². The Kier molecular flexibility index (Phi) is 5.66. The Hall–Kier alpha value is -1.05. The Labute approximate surface area is 136 Å². The van der Waals surface area contributed by atoms with E-state index in [1.807, 2.05) is 12.1 Å². The van der Waals surface area contributed by atoms with E-state index in [1.54, 1.807) is 7.05 Å². The standard InChI is InChI=1S/C14H19BrN4OS/c1-9(2)7-16-8-10-6-11(15)4-5-12(10)21-14-18-17-13(20)19(14)3/h4-6,9,16H,7-8H2,1-3H3,(H,17,20). The first-order chi connectivity index (χ1) is 9.97. The molecule has 0 saturated carbocycles. The molecule has 0 radical (unpaired) electrons. The van der Waals surface area contributed by atoms with Gasteiger partial charge in [0, 0.05) is 23.0 Å². The second-order valence-electron chi connectivity index (χ2n) is 5.25. The zero-order valence-corrected chi connectivity index (χ0v) is 14.7. The molecular formula is C14H19BrN4OS. The molecule has 1 aromatic heterocycles. The highest BCUT2D eigenvalue weighted by Crippen LogP contribution is 2.30. The minimum absolute atomic E-state index is 0.200. The number of nitrogens with one attached hydrogen (secondary N) is 2. The summed E-state index contributed by atoms with van der Waals surface area (Å²) < 4.78 is 2.56. The zero-order chi connectivity index (χ0) is 15.4. The third-order valence-electron chi connectivity index (χ3n) is 2.93. The van der Waals surface area contributed by atoms with Crippen molar-refractivity contribution in [1.29, 1.82) is 0 Å². The molecule has 1 heterocycles. The van der Waals surface area contributed by atoms with E-state index >= 15 is 0 Å². The molecule has 5 nitrogen and oxygen atoms in total. The van der Waals surface area contributed by atoms with E-state index in [0.717, 1.165) is 22.5 Å². The summed E-state index contributed by atoms with van der Waals surface area (Å²) in [5, 5.41) is 10.6. The van der Waals surface area contributed by atoms with Crippen molar-refractivity contribution in [3.05, 3.63) is 38.7 Å². The Balaban J connectivity index is 2.18. The fourth-order valence-corrected chi connectivity index (χ4v) is 3.12. The average molecular weight is 371 g/mol. The van der Waals surface area contributed by atoms with E-state index < -0.39 is 0 Å². The Morgan fingerprint density at radius 1 is 1.48 bits per heavy atom. The number of aromatic amines is 1. The van der Waals surface area contributed by atoms with E-state index in [9.17, 15) is 4.79 Å². The minimum atomic E-state index is -0.200. The van der Waals surface area contributed by atoms with Crippen molar-refractivity contribution >= 4 is 27.7 Å². The van der Waals surface area contributed by atoms with Crippen molar-refractivity contribution in [2.24, 2.45) is 13.0 Å². The third-order valence-corrected chi connectivity index (χ3v) is 4.59. The van der Waals surface area contributed by atoms with Gasteiger partial charge in [-0.3, -0.25) is 4.57 Å². The van der Waals surface area contributed by atoms with E-state index in [-0.39, 0.29) is 5.69 Å². The average Bonchev–Trinajstić information content (AvgIpc) is 2.73. The maximum absolute atomic E-state index is 11.4. The Morgan fingerprint density at radius 3 is 2.86 bits per heavy atom. The highest BCUT2D eigenvalue weighted by Gasteiger charge is 2.10. The van der Waals surface area contributed by atoms with Crippen LogP contribution < -0.4 is 11.0 Å². The van der Waals surface area contributed by atoms with Crippen molar-refractivity contribution < 1.29 is 0 Å². The van der Waals surface area contributed by atoms with Crippen LogP contribution in [0.3, 0.4) is 0 Å². The first kappa shape index (κ1) is 16.3. The minimum Gasteiger partial charge on any atom is -0.312 e. The van der Waals surface area contributed by atoms with Gasteiger partial charge in [0.25, 0.3) is 0 Å². The molecule has 0 atom stereocenters. The van der Waals surface area contributed by atoms with Crippen LogP contribution in [-0.2, 0) is 13.6 Å². The van der Waals surface area contributed by atoms with Crippen LogP contribution in [-0.4, -0.2) is 21.3 Å². The normalized spacial score (nSPS) is 11.3. The maximum Gasteiger partial charge on any atom is 0.343 e. The molecule has 0 amide bonds. The van der Waals surface area contributed by atoms with Gasteiger partial charge in [-0.2, -0.15) is 0 Å². The van der Waals surface area contributed by atoms with Crippen LogP contribution in [0.15, 0.2) is 37.5 Å². The van der Waals surface area contributed by atoms with Gasteiger partial charge in [0.2, 0.25) is 0 Å². The molecule has 2 rings (SSSR count). The zero-order valence-electron chi connectivity index (χ0n) is 12.3. The smallest absolute Gasteiger partial charge is 0.312 e. The van der Waals surface area contributed by atoms with Gasteiger partial charge in [-0.1, -0.05) is 29.8 Å². The Bertz CT molecular complexity index is 665. The van der Waals surface area contributed by atoms with Crippen LogP contribution in [0.2, 0.25) is 0 Å². The summed E-state index contributed by atoms with van der Waals surface area (Å²) in [6, 6.07) is 6.14. The first-order valence-electron chi connectivity index (χ1n) is 6.75. The molecule has 0 aliphatic rings. The van der Waals surface area contributed by atoms with Crippen LogP contribution >= 0.6 is 27.7 Å². The fraction of sp³-hybridized carbons (Fsp3) is 0.429. The van der Waals surface area contributed by atoms with Crippen molar-refractivity contribution in [2.75, 3.05) is 6.54 Å². The van der Waals surface area contributed by atoms with Crippen LogP contribution in [0.4, 0.5) is 0 Å². The van der Waals surface area contributed by atoms with Crippen LogP contribution in [0, 0.1) is 5.92 Å². The van der Waals surface area contributed by atoms with Crippen molar-refractivity contribution in [2.45, 2.75) is 30.4 Å². The lowest BCUT2D eigenvalue weighted by Gasteiger charge is -2.12. The number of nitrogens with zero attached hydrogens (tertiary/aromatic N) is 2. The van der Waals surface area contributed by atoms with E-state index in [4.69, 9.17) is 0 Å². The van der Waals surface area contributed by atoms with Gasteiger partial charge < -0.3 is 5.32 Å². The molecule has 114 valence electrons. The lowest BCUT2D eigenvalue weighted by molar-refractivity contribution is 0.550. The lowest BCUT2D eigenvalue weighted by atomic mass is 10.2. The van der Waals surface area contributed by atoms with Gasteiger partial charge in [0.15, 0.2) is 5.16 Å². The molecular weight excluding hydrogens is 352 g/mol. The Morgan fingerprint density at radius 2 is 2.24 bits per heavy atom.